The first-order chi connectivity index (χ1) is 13.1. The molecular weight excluding hydrogens is 340 g/mol. The van der Waals surface area contributed by atoms with E-state index in [1.807, 2.05) is 37.3 Å². The summed E-state index contributed by atoms with van der Waals surface area (Å²) in [5.41, 5.74) is -1.30. The highest BCUT2D eigenvalue weighted by Gasteiger charge is 2.46. The smallest absolute Gasteiger partial charge is 0.339 e. The number of benzene rings is 1. The Balaban J connectivity index is 2.51. The largest absolute Gasteiger partial charge is 0.487 e. The molecule has 27 heavy (non-hydrogen) atoms. The molecule has 0 radical (unpaired) electrons. The molecule has 1 rings (SSSR count). The van der Waals surface area contributed by atoms with E-state index < -0.39 is 17.7 Å². The van der Waals surface area contributed by atoms with Gasteiger partial charge in [0.2, 0.25) is 5.60 Å². The van der Waals surface area contributed by atoms with Gasteiger partial charge in [-0.3, -0.25) is 0 Å². The van der Waals surface area contributed by atoms with Gasteiger partial charge in [0.25, 0.3) is 0 Å². The molecule has 4 heteroatoms. The zero-order valence-electron chi connectivity index (χ0n) is 17.4. The van der Waals surface area contributed by atoms with Crippen LogP contribution in [0.25, 0.3) is 0 Å². The van der Waals surface area contributed by atoms with Crippen molar-refractivity contribution >= 4 is 5.97 Å². The number of carbonyl (C=O) groups is 1. The molecule has 0 aliphatic carbocycles. The van der Waals surface area contributed by atoms with E-state index >= 15 is 0 Å². The van der Waals surface area contributed by atoms with Crippen LogP contribution in [-0.2, 0) is 9.53 Å². The van der Waals surface area contributed by atoms with Crippen LogP contribution in [0.3, 0.4) is 0 Å². The van der Waals surface area contributed by atoms with Gasteiger partial charge in [-0.1, -0.05) is 76.5 Å². The van der Waals surface area contributed by atoms with Crippen LogP contribution in [0.5, 0.6) is 5.75 Å². The predicted octanol–water partition coefficient (Wildman–Crippen LogP) is 6.23. The molecule has 0 saturated heterocycles. The second-order valence-electron chi connectivity index (χ2n) is 7.28. The third-order valence-corrected chi connectivity index (χ3v) is 5.13. The second-order valence-corrected chi connectivity index (χ2v) is 7.28. The fraction of sp³-hybridized carbons (Fsp3) is 0.696. The Hall–Kier alpha value is -1.55. The molecule has 1 N–H and O–H groups in total. The van der Waals surface area contributed by atoms with Gasteiger partial charge in [0.05, 0.1) is 0 Å². The number of carboxylic acids is 1. The average Bonchev–Trinajstić information content (AvgIpc) is 2.66. The first kappa shape index (κ1) is 23.5. The molecule has 0 saturated carbocycles. The van der Waals surface area contributed by atoms with Crippen molar-refractivity contribution < 1.29 is 19.4 Å². The quantitative estimate of drug-likeness (QED) is 0.346. The predicted molar refractivity (Wildman–Crippen MR) is 110 cm³/mol. The van der Waals surface area contributed by atoms with Gasteiger partial charge in [0.15, 0.2) is 0 Å². The van der Waals surface area contributed by atoms with E-state index in [9.17, 15) is 9.90 Å². The van der Waals surface area contributed by atoms with Gasteiger partial charge in [-0.15, -0.1) is 0 Å². The molecule has 0 aliphatic heterocycles. The minimum Gasteiger partial charge on any atom is -0.487 e. The lowest BCUT2D eigenvalue weighted by Gasteiger charge is -2.35. The molecule has 0 aromatic heterocycles. The van der Waals surface area contributed by atoms with Gasteiger partial charge in [-0.2, -0.15) is 0 Å². The Kier molecular flexibility index (Phi) is 11.8. The molecule has 154 valence electrons. The summed E-state index contributed by atoms with van der Waals surface area (Å²) < 4.78 is 11.7. The highest BCUT2D eigenvalue weighted by atomic mass is 16.6. The van der Waals surface area contributed by atoms with E-state index in [1.165, 1.54) is 38.5 Å². The number of hydrogen-bond donors (Lipinski definition) is 1. The fourth-order valence-corrected chi connectivity index (χ4v) is 3.49. The lowest BCUT2D eigenvalue weighted by Crippen LogP contribution is -2.53. The number of rotatable bonds is 16. The van der Waals surface area contributed by atoms with Crippen LogP contribution in [0.4, 0.5) is 0 Å². The zero-order chi connectivity index (χ0) is 20.0. The summed E-state index contributed by atoms with van der Waals surface area (Å²) in [6.07, 6.45) is 10.7. The molecule has 4 nitrogen and oxygen atoms in total. The lowest BCUT2D eigenvalue weighted by molar-refractivity contribution is -0.180. The maximum Gasteiger partial charge on any atom is 0.339 e. The summed E-state index contributed by atoms with van der Waals surface area (Å²) in [6, 6.07) is 9.35. The molecular formula is C23H38O4. The Morgan fingerprint density at radius 3 is 2.04 bits per heavy atom. The van der Waals surface area contributed by atoms with Crippen molar-refractivity contribution in [3.63, 3.8) is 0 Å². The fourth-order valence-electron chi connectivity index (χ4n) is 3.49. The number of carboxylic acid groups (broad SMARTS) is 1. The van der Waals surface area contributed by atoms with E-state index in [0.29, 0.717) is 18.8 Å². The van der Waals surface area contributed by atoms with Gasteiger partial charge < -0.3 is 14.6 Å². The van der Waals surface area contributed by atoms with Crippen LogP contribution >= 0.6 is 0 Å². The van der Waals surface area contributed by atoms with Crippen LogP contribution < -0.4 is 4.74 Å². The third kappa shape index (κ3) is 8.34. The first-order valence-corrected chi connectivity index (χ1v) is 10.7. The lowest BCUT2D eigenvalue weighted by atomic mass is 9.90. The van der Waals surface area contributed by atoms with Crippen molar-refractivity contribution in [2.24, 2.45) is 0 Å². The minimum absolute atomic E-state index is 0.353. The summed E-state index contributed by atoms with van der Waals surface area (Å²) in [4.78, 5) is 12.1. The van der Waals surface area contributed by atoms with E-state index in [0.717, 1.165) is 19.3 Å². The molecule has 1 aromatic carbocycles. The van der Waals surface area contributed by atoms with Crippen LogP contribution in [-0.4, -0.2) is 29.4 Å². The summed E-state index contributed by atoms with van der Waals surface area (Å²) in [6.45, 7) is 6.22. The second kappa shape index (κ2) is 13.6. The Morgan fingerprint density at radius 2 is 1.52 bits per heavy atom. The topological polar surface area (TPSA) is 55.8 Å². The Bertz CT molecular complexity index is 502. The van der Waals surface area contributed by atoms with Gasteiger partial charge >= 0.3 is 5.97 Å². The van der Waals surface area contributed by atoms with E-state index in [1.54, 1.807) is 6.92 Å². The summed E-state index contributed by atoms with van der Waals surface area (Å²) in [5, 5.41) is 9.92. The van der Waals surface area contributed by atoms with Crippen LogP contribution in [0.2, 0.25) is 0 Å². The molecule has 0 bridgehead atoms. The van der Waals surface area contributed by atoms with E-state index in [-0.39, 0.29) is 0 Å². The Labute approximate surface area is 165 Å². The normalized spacial score (nSPS) is 14.5. The number of unbranched alkanes of at least 4 members (excludes halogenated alkanes) is 8. The average molecular weight is 379 g/mol. The van der Waals surface area contributed by atoms with E-state index in [4.69, 9.17) is 9.47 Å². The molecule has 0 spiro atoms. The van der Waals surface area contributed by atoms with Crippen molar-refractivity contribution in [1.82, 2.24) is 0 Å². The molecule has 0 aliphatic rings. The first-order valence-electron chi connectivity index (χ1n) is 10.7. The monoisotopic (exact) mass is 378 g/mol. The molecule has 0 fully saturated rings. The minimum atomic E-state index is -1.30. The zero-order valence-corrected chi connectivity index (χ0v) is 17.4. The summed E-state index contributed by atoms with van der Waals surface area (Å²) >= 11 is 0. The van der Waals surface area contributed by atoms with Crippen LogP contribution in [0.1, 0.15) is 85.0 Å². The van der Waals surface area contributed by atoms with Crippen molar-refractivity contribution in [3.05, 3.63) is 30.3 Å². The number of hydrogen-bond acceptors (Lipinski definition) is 3. The van der Waals surface area contributed by atoms with Crippen molar-refractivity contribution in [1.29, 1.82) is 0 Å². The van der Waals surface area contributed by atoms with Crippen molar-refractivity contribution in [2.75, 3.05) is 6.61 Å². The van der Waals surface area contributed by atoms with Crippen molar-refractivity contribution in [2.45, 2.75) is 96.7 Å². The van der Waals surface area contributed by atoms with Gasteiger partial charge in [0, 0.05) is 6.61 Å². The molecule has 1 aromatic rings. The molecule has 2 unspecified atom stereocenters. The summed E-state index contributed by atoms with van der Waals surface area (Å²) in [5.74, 6) is -0.269. The highest BCUT2D eigenvalue weighted by molar-refractivity contribution is 5.78. The van der Waals surface area contributed by atoms with Gasteiger partial charge in [-0.25, -0.2) is 4.79 Å². The van der Waals surface area contributed by atoms with Gasteiger partial charge in [-0.05, 0) is 38.8 Å². The number of ether oxygens (including phenoxy) is 2. The maximum atomic E-state index is 12.1. The molecule has 0 amide bonds. The number of aliphatic carboxylic acids is 1. The molecule has 0 heterocycles. The Morgan fingerprint density at radius 1 is 0.963 bits per heavy atom. The summed E-state index contributed by atoms with van der Waals surface area (Å²) in [7, 11) is 0. The van der Waals surface area contributed by atoms with Gasteiger partial charge in [0.1, 0.15) is 11.9 Å². The molecule has 2 atom stereocenters. The SMILES string of the molecule is CCCCCCCCCCCC(OCC)(C(=O)O)C(C)Oc1ccccc1. The third-order valence-electron chi connectivity index (χ3n) is 5.13. The van der Waals surface area contributed by atoms with Crippen LogP contribution in [0.15, 0.2) is 30.3 Å². The maximum absolute atomic E-state index is 12.1. The van der Waals surface area contributed by atoms with E-state index in [2.05, 4.69) is 6.92 Å². The van der Waals surface area contributed by atoms with Crippen LogP contribution in [0, 0.1) is 0 Å². The standard InChI is InChI=1S/C23H38O4/c1-4-6-7-8-9-10-11-12-16-19-23(22(24)25,26-5-2)20(3)27-21-17-14-13-15-18-21/h13-15,17-18,20H,4-12,16,19H2,1-3H3,(H,24,25). The van der Waals surface area contributed by atoms with Crippen molar-refractivity contribution in [3.8, 4) is 5.75 Å². The highest BCUT2D eigenvalue weighted by Crippen LogP contribution is 2.28. The number of para-hydroxylation sites is 1.